The maximum atomic E-state index is 2.68. The number of hydrogen-bond acceptors (Lipinski definition) is 0. The Morgan fingerprint density at radius 1 is 0.825 bits per heavy atom. The summed E-state index contributed by atoms with van der Waals surface area (Å²) in [6.45, 7) is 14.2. The Labute approximate surface area is 261 Å². The van der Waals surface area contributed by atoms with Crippen LogP contribution in [0.15, 0.2) is 78.4 Å². The SMILES string of the molecule is CCCc1ccc2c(c1-c1cc(C)cc(C)c1)C=C(C(C)(C)C)[CH]2[Zr+2]1[c]2cccc3c2[SiH]1c1ccccc1-3.[Cl-].[Cl-]. The van der Waals surface area contributed by atoms with Crippen LogP contribution in [0.1, 0.15) is 65.6 Å². The van der Waals surface area contributed by atoms with Crippen molar-refractivity contribution in [3.63, 3.8) is 0 Å². The van der Waals surface area contributed by atoms with Crippen LogP contribution in [0.5, 0.6) is 0 Å². The molecule has 0 N–H and O–H groups in total. The number of hydrogen-bond donors (Lipinski definition) is 0. The Morgan fingerprint density at radius 3 is 2.23 bits per heavy atom. The Bertz CT molecular complexity index is 1640. The molecule has 1 aliphatic carbocycles. The molecule has 0 fully saturated rings. The van der Waals surface area contributed by atoms with Gasteiger partial charge in [0.05, 0.1) is 0 Å². The number of allylic oxidation sites excluding steroid dienone is 1. The Kier molecular flexibility index (Phi) is 8.08. The van der Waals surface area contributed by atoms with E-state index in [1.807, 2.05) is 8.46 Å². The summed E-state index contributed by atoms with van der Waals surface area (Å²) in [6, 6.07) is 29.0. The van der Waals surface area contributed by atoms with E-state index < -0.39 is 26.8 Å². The van der Waals surface area contributed by atoms with Gasteiger partial charge in [-0.05, 0) is 0 Å². The second-order valence-electron chi connectivity index (χ2n) is 12.8. The molecule has 3 aliphatic rings. The minimum atomic E-state index is -2.02. The van der Waals surface area contributed by atoms with E-state index >= 15 is 0 Å². The Morgan fingerprint density at radius 2 is 1.52 bits per heavy atom. The van der Waals surface area contributed by atoms with Gasteiger partial charge in [-0.25, -0.2) is 0 Å². The molecule has 0 radical (unpaired) electrons. The number of aryl methyl sites for hydroxylation is 3. The fourth-order valence-electron chi connectivity index (χ4n) is 7.65. The van der Waals surface area contributed by atoms with Crippen LogP contribution in [-0.2, 0) is 27.3 Å². The van der Waals surface area contributed by atoms with Gasteiger partial charge in [-0.1, -0.05) is 0 Å². The van der Waals surface area contributed by atoms with Gasteiger partial charge in [0.1, 0.15) is 0 Å². The first-order valence-corrected chi connectivity index (χ1v) is 23.0. The number of fused-ring (bicyclic) bond motifs is 4. The third-order valence-corrected chi connectivity index (χ3v) is 31.2. The van der Waals surface area contributed by atoms with Crippen LogP contribution in [0.3, 0.4) is 0 Å². The van der Waals surface area contributed by atoms with Crippen molar-refractivity contribution >= 4 is 25.6 Å². The molecule has 2 atom stereocenters. The molecule has 2 heterocycles. The van der Waals surface area contributed by atoms with E-state index in [0.717, 1.165) is 6.42 Å². The van der Waals surface area contributed by atoms with Gasteiger partial charge < -0.3 is 24.8 Å². The Hall–Kier alpha value is -1.70. The van der Waals surface area contributed by atoms with Crippen molar-refractivity contribution in [1.29, 1.82) is 0 Å². The summed E-state index contributed by atoms with van der Waals surface area (Å²) < 4.78 is 2.50. The average Bonchev–Trinajstić information content (AvgIpc) is 3.39. The summed E-state index contributed by atoms with van der Waals surface area (Å²) in [5.41, 5.74) is 15.4. The molecule has 4 heteroatoms. The molecule has 203 valence electrons. The number of halogens is 2. The zero-order chi connectivity index (χ0) is 26.3. The van der Waals surface area contributed by atoms with E-state index in [1.165, 1.54) is 34.2 Å². The maximum absolute atomic E-state index is 2.68. The first kappa shape index (κ1) is 29.8. The van der Waals surface area contributed by atoms with E-state index in [4.69, 9.17) is 0 Å². The third-order valence-electron chi connectivity index (χ3n) is 9.07. The van der Waals surface area contributed by atoms with Crippen LogP contribution in [0.4, 0.5) is 0 Å². The smallest absolute Gasteiger partial charge is 1.00 e. The topological polar surface area (TPSA) is 0 Å². The van der Waals surface area contributed by atoms with Gasteiger partial charge in [-0.3, -0.25) is 0 Å². The number of rotatable bonds is 4. The van der Waals surface area contributed by atoms with Crippen molar-refractivity contribution in [2.45, 2.75) is 58.0 Å². The van der Waals surface area contributed by atoms with E-state index in [0.29, 0.717) is 3.63 Å². The third kappa shape index (κ3) is 4.41. The summed E-state index contributed by atoms with van der Waals surface area (Å²) in [6.07, 6.45) is 5.00. The summed E-state index contributed by atoms with van der Waals surface area (Å²) in [5, 5.41) is 3.58. The van der Waals surface area contributed by atoms with Gasteiger partial charge in [0.15, 0.2) is 0 Å². The summed E-state index contributed by atoms with van der Waals surface area (Å²) in [5.74, 6) is -1.10. The molecule has 40 heavy (non-hydrogen) atoms. The summed E-state index contributed by atoms with van der Waals surface area (Å²) in [7, 11) is 0. The largest absolute Gasteiger partial charge is 1.00 e. The summed E-state index contributed by atoms with van der Waals surface area (Å²) >= 11 is -2.02. The average molecular weight is 660 g/mol. The van der Waals surface area contributed by atoms with Crippen molar-refractivity contribution in [2.75, 3.05) is 0 Å². The van der Waals surface area contributed by atoms with Gasteiger partial charge in [0, 0.05) is 0 Å². The zero-order valence-electron chi connectivity index (χ0n) is 24.3. The maximum Gasteiger partial charge on any atom is -1.00 e. The van der Waals surface area contributed by atoms with E-state index in [9.17, 15) is 0 Å². The van der Waals surface area contributed by atoms with Crippen LogP contribution in [0.2, 0.25) is 0 Å². The van der Waals surface area contributed by atoms with Gasteiger partial charge in [-0.2, -0.15) is 0 Å². The van der Waals surface area contributed by atoms with Gasteiger partial charge >= 0.3 is 238 Å². The minimum absolute atomic E-state index is 0. The molecule has 2 unspecified atom stereocenters. The minimum Gasteiger partial charge on any atom is -1.00 e. The predicted molar refractivity (Wildman–Crippen MR) is 163 cm³/mol. The van der Waals surface area contributed by atoms with Crippen molar-refractivity contribution in [1.82, 2.24) is 0 Å². The summed E-state index contributed by atoms with van der Waals surface area (Å²) in [4.78, 5) is 0. The van der Waals surface area contributed by atoms with Crippen molar-refractivity contribution < 1.29 is 45.7 Å². The molecule has 0 aromatic heterocycles. The molecule has 0 amide bonds. The molecule has 4 aromatic carbocycles. The van der Waals surface area contributed by atoms with Crippen molar-refractivity contribution in [3.8, 4) is 22.3 Å². The first-order chi connectivity index (χ1) is 18.3. The molecule has 0 saturated heterocycles. The molecule has 0 nitrogen and oxygen atoms in total. The molecular formula is C36H37Cl2SiZr. The molecule has 2 aliphatic heterocycles. The van der Waals surface area contributed by atoms with Crippen LogP contribution >= 0.6 is 0 Å². The molecule has 4 aromatic rings. The molecular weight excluding hydrogens is 623 g/mol. The first-order valence-electron chi connectivity index (χ1n) is 14.3. The zero-order valence-corrected chi connectivity index (χ0v) is 29.5. The van der Waals surface area contributed by atoms with E-state index in [-0.39, 0.29) is 30.2 Å². The van der Waals surface area contributed by atoms with Crippen LogP contribution in [0, 0.1) is 19.3 Å². The van der Waals surface area contributed by atoms with Crippen LogP contribution in [-0.4, -0.2) is 5.92 Å². The normalized spacial score (nSPS) is 17.6. The quantitative estimate of drug-likeness (QED) is 0.289. The van der Waals surface area contributed by atoms with Gasteiger partial charge in [0.2, 0.25) is 0 Å². The monoisotopic (exact) mass is 657 g/mol. The second-order valence-corrected chi connectivity index (χ2v) is 27.7. The van der Waals surface area contributed by atoms with E-state index in [2.05, 4.69) is 120 Å². The molecule has 0 bridgehead atoms. The second kappa shape index (κ2) is 10.9. The van der Waals surface area contributed by atoms with Gasteiger partial charge in [-0.15, -0.1) is 0 Å². The predicted octanol–water partition coefficient (Wildman–Crippen LogP) is 1.19. The fraction of sp³-hybridized carbons (Fsp3) is 0.278. The fourth-order valence-corrected chi connectivity index (χ4v) is 34.2. The van der Waals surface area contributed by atoms with Crippen molar-refractivity contribution in [3.05, 3.63) is 106 Å². The van der Waals surface area contributed by atoms with Crippen LogP contribution in [0.25, 0.3) is 28.3 Å². The molecule has 0 saturated carbocycles. The van der Waals surface area contributed by atoms with Crippen molar-refractivity contribution in [2.24, 2.45) is 5.41 Å². The standard InChI is InChI=1S/C24H29.C12H8Si.2ClH.Zr/c1-7-8-18-9-10-19-14-21(24(4,5)6)15-22(19)23(18)20-12-16(2)11-17(3)13-20;1-3-7-11-9(5-1)10-6-2-4-8-12(10)13-11;;;/h9-15H,7-8H2,1-6H3;1-7,13H;2*1H;/q;;;;+2/p-2. The van der Waals surface area contributed by atoms with Gasteiger partial charge in [0.25, 0.3) is 0 Å². The Balaban J connectivity index is 0.00000161. The molecule has 0 spiro atoms. The number of benzene rings is 4. The van der Waals surface area contributed by atoms with Crippen LogP contribution < -0.4 is 38.5 Å². The molecule has 7 rings (SSSR count). The van der Waals surface area contributed by atoms with E-state index in [1.54, 1.807) is 33.0 Å².